The van der Waals surface area contributed by atoms with E-state index in [0.717, 1.165) is 48.2 Å². The van der Waals surface area contributed by atoms with E-state index in [1.165, 1.54) is 11.1 Å². The fourth-order valence-electron chi connectivity index (χ4n) is 4.79. The number of thioether (sulfide) groups is 1. The molecule has 1 N–H and O–H groups in total. The highest BCUT2D eigenvalue weighted by molar-refractivity contribution is 8.15. The number of likely N-dealkylation sites (tertiary alicyclic amines) is 1. The third-order valence-electron chi connectivity index (χ3n) is 6.56. The number of aryl methyl sites for hydroxylation is 1. The molecule has 2 aromatic carbocycles. The number of amidine groups is 1. The second-order valence-corrected chi connectivity index (χ2v) is 11.7. The number of aliphatic imine (C=N–C) groups is 1. The van der Waals surface area contributed by atoms with E-state index in [0.29, 0.717) is 17.2 Å². The molecule has 182 valence electrons. The zero-order valence-electron chi connectivity index (χ0n) is 21.0. The molecule has 1 fully saturated rings. The van der Waals surface area contributed by atoms with Crippen molar-refractivity contribution >= 4 is 22.6 Å². The number of hydrogen-bond acceptors (Lipinski definition) is 6. The molecular formula is C29H34N4OS. The molecule has 5 nitrogen and oxygen atoms in total. The molecule has 3 aromatic rings. The predicted molar refractivity (Wildman–Crippen MR) is 147 cm³/mol. The Labute approximate surface area is 213 Å². The molecule has 1 aromatic heterocycles. The monoisotopic (exact) mass is 486 g/mol. The third kappa shape index (κ3) is 5.71. The normalized spacial score (nSPS) is 20.3. The van der Waals surface area contributed by atoms with Crippen LogP contribution in [0.15, 0.2) is 71.9 Å². The lowest BCUT2D eigenvalue weighted by Crippen LogP contribution is -2.42. The van der Waals surface area contributed by atoms with Crippen LogP contribution in [0.3, 0.4) is 0 Å². The Morgan fingerprint density at radius 3 is 2.77 bits per heavy atom. The van der Waals surface area contributed by atoms with Crippen LogP contribution in [-0.4, -0.2) is 39.4 Å². The maximum Gasteiger partial charge on any atom is 0.243 e. The van der Waals surface area contributed by atoms with Gasteiger partial charge >= 0.3 is 0 Å². The molecule has 0 aliphatic carbocycles. The first-order chi connectivity index (χ1) is 16.8. The fourth-order valence-corrected chi connectivity index (χ4v) is 6.08. The summed E-state index contributed by atoms with van der Waals surface area (Å²) in [6.45, 7) is 11.9. The Morgan fingerprint density at radius 2 is 1.94 bits per heavy atom. The summed E-state index contributed by atoms with van der Waals surface area (Å²) in [5, 5.41) is 4.95. The molecule has 2 atom stereocenters. The van der Waals surface area contributed by atoms with E-state index in [4.69, 9.17) is 9.73 Å². The van der Waals surface area contributed by atoms with Crippen LogP contribution in [0.5, 0.6) is 11.6 Å². The van der Waals surface area contributed by atoms with Gasteiger partial charge in [0.25, 0.3) is 0 Å². The molecule has 2 aliphatic heterocycles. The van der Waals surface area contributed by atoms with Gasteiger partial charge in [0.2, 0.25) is 5.88 Å². The number of fused-ring (bicyclic) bond motifs is 1. The van der Waals surface area contributed by atoms with Crippen LogP contribution in [0.2, 0.25) is 0 Å². The lowest BCUT2D eigenvalue weighted by atomic mass is 9.86. The lowest BCUT2D eigenvalue weighted by Gasteiger charge is -2.33. The van der Waals surface area contributed by atoms with E-state index in [-0.39, 0.29) is 5.41 Å². The summed E-state index contributed by atoms with van der Waals surface area (Å²) in [5.41, 5.74) is 4.69. The van der Waals surface area contributed by atoms with Crippen LogP contribution in [-0.2, 0) is 12.0 Å². The van der Waals surface area contributed by atoms with Crippen molar-refractivity contribution in [2.45, 2.75) is 57.4 Å². The van der Waals surface area contributed by atoms with E-state index in [1.54, 1.807) is 6.20 Å². The van der Waals surface area contributed by atoms with Gasteiger partial charge in [-0.2, -0.15) is 0 Å². The number of anilines is 1. The molecule has 0 amide bonds. The zero-order chi connectivity index (χ0) is 24.4. The third-order valence-corrected chi connectivity index (χ3v) is 7.75. The van der Waals surface area contributed by atoms with Crippen molar-refractivity contribution in [2.75, 3.05) is 18.4 Å². The van der Waals surface area contributed by atoms with Crippen LogP contribution < -0.4 is 10.1 Å². The standard InChI is InChI=1S/C29H34N4OS/c1-20-9-7-10-21(17-20)18-33-16-14-23-26(19-33)35-28(31-23)32-24-12-8-15-30-27(24)34-25-13-6-5-11-22(25)29(2,3)4/h5-13,15,17,23,26H,14,16,18-19H2,1-4H3,(H,31,32). The van der Waals surface area contributed by atoms with Crippen molar-refractivity contribution in [3.63, 3.8) is 0 Å². The first-order valence-corrected chi connectivity index (χ1v) is 13.2. The minimum atomic E-state index is -0.0234. The number of nitrogens with zero attached hydrogens (tertiary/aromatic N) is 3. The Morgan fingerprint density at radius 1 is 1.09 bits per heavy atom. The summed E-state index contributed by atoms with van der Waals surface area (Å²) in [4.78, 5) is 12.1. The molecule has 0 radical (unpaired) electrons. The SMILES string of the molecule is Cc1cccc(CN2CCC3N=C(Nc4cccnc4Oc4ccccc4C(C)(C)C)SC3C2)c1. The molecule has 3 heterocycles. The molecule has 6 heteroatoms. The Hall–Kier alpha value is -2.83. The van der Waals surface area contributed by atoms with Gasteiger partial charge in [-0.15, -0.1) is 0 Å². The summed E-state index contributed by atoms with van der Waals surface area (Å²) in [6, 6.07) is 21.3. The van der Waals surface area contributed by atoms with Gasteiger partial charge in [0, 0.05) is 36.6 Å². The molecule has 5 rings (SSSR count). The minimum Gasteiger partial charge on any atom is -0.437 e. The van der Waals surface area contributed by atoms with E-state index in [9.17, 15) is 0 Å². The second kappa shape index (κ2) is 10.0. The topological polar surface area (TPSA) is 49.8 Å². The van der Waals surface area contributed by atoms with Crippen LogP contribution >= 0.6 is 11.8 Å². The van der Waals surface area contributed by atoms with Crippen molar-refractivity contribution in [3.05, 3.63) is 83.6 Å². The van der Waals surface area contributed by atoms with Gasteiger partial charge in [-0.3, -0.25) is 9.89 Å². The Bertz CT molecular complexity index is 1220. The molecule has 0 bridgehead atoms. The van der Waals surface area contributed by atoms with E-state index >= 15 is 0 Å². The molecule has 0 spiro atoms. The number of nitrogens with one attached hydrogen (secondary N) is 1. The molecule has 1 saturated heterocycles. The zero-order valence-corrected chi connectivity index (χ0v) is 21.8. The lowest BCUT2D eigenvalue weighted by molar-refractivity contribution is 0.214. The van der Waals surface area contributed by atoms with Gasteiger partial charge in [-0.25, -0.2) is 4.98 Å². The highest BCUT2D eigenvalue weighted by atomic mass is 32.2. The number of piperidine rings is 1. The quantitative estimate of drug-likeness (QED) is 0.438. The number of aromatic nitrogens is 1. The molecular weight excluding hydrogens is 452 g/mol. The van der Waals surface area contributed by atoms with Crippen molar-refractivity contribution in [2.24, 2.45) is 4.99 Å². The average Bonchev–Trinajstić information content (AvgIpc) is 3.22. The van der Waals surface area contributed by atoms with E-state index < -0.39 is 0 Å². The maximum atomic E-state index is 6.34. The van der Waals surface area contributed by atoms with Gasteiger partial charge in [-0.1, -0.05) is 80.6 Å². The summed E-state index contributed by atoms with van der Waals surface area (Å²) in [6.07, 6.45) is 2.86. The highest BCUT2D eigenvalue weighted by Gasteiger charge is 2.35. The van der Waals surface area contributed by atoms with Crippen molar-refractivity contribution in [1.82, 2.24) is 9.88 Å². The minimum absolute atomic E-state index is 0.0234. The van der Waals surface area contributed by atoms with Crippen molar-refractivity contribution in [1.29, 1.82) is 0 Å². The first-order valence-electron chi connectivity index (χ1n) is 12.4. The fraction of sp³-hybridized carbons (Fsp3) is 0.379. The van der Waals surface area contributed by atoms with Gasteiger partial charge in [0.05, 0.1) is 6.04 Å². The number of hydrogen-bond donors (Lipinski definition) is 1. The van der Waals surface area contributed by atoms with Gasteiger partial charge in [-0.05, 0) is 42.5 Å². The number of pyridine rings is 1. The highest BCUT2D eigenvalue weighted by Crippen LogP contribution is 2.38. The number of ether oxygens (including phenoxy) is 1. The number of para-hydroxylation sites is 1. The maximum absolute atomic E-state index is 6.34. The smallest absolute Gasteiger partial charge is 0.243 e. The Balaban J connectivity index is 1.26. The molecule has 0 saturated carbocycles. The van der Waals surface area contributed by atoms with Crippen LogP contribution in [0.25, 0.3) is 0 Å². The van der Waals surface area contributed by atoms with Crippen molar-refractivity contribution < 1.29 is 4.74 Å². The van der Waals surface area contributed by atoms with E-state index in [2.05, 4.69) is 79.3 Å². The largest absolute Gasteiger partial charge is 0.437 e. The van der Waals surface area contributed by atoms with Crippen LogP contribution in [0, 0.1) is 6.92 Å². The number of rotatable bonds is 5. The molecule has 35 heavy (non-hydrogen) atoms. The summed E-state index contributed by atoms with van der Waals surface area (Å²) in [5.74, 6) is 1.41. The summed E-state index contributed by atoms with van der Waals surface area (Å²) in [7, 11) is 0. The molecule has 2 aliphatic rings. The Kier molecular flexibility index (Phi) is 6.85. The van der Waals surface area contributed by atoms with Gasteiger partial charge < -0.3 is 10.1 Å². The van der Waals surface area contributed by atoms with Gasteiger partial charge in [0.15, 0.2) is 5.17 Å². The first kappa shape index (κ1) is 23.9. The van der Waals surface area contributed by atoms with Crippen molar-refractivity contribution in [3.8, 4) is 11.6 Å². The predicted octanol–water partition coefficient (Wildman–Crippen LogP) is 6.64. The van der Waals surface area contributed by atoms with E-state index in [1.807, 2.05) is 36.0 Å². The second-order valence-electron chi connectivity index (χ2n) is 10.5. The van der Waals surface area contributed by atoms with Crippen LogP contribution in [0.1, 0.15) is 43.9 Å². The summed E-state index contributed by atoms with van der Waals surface area (Å²) < 4.78 is 6.34. The summed E-state index contributed by atoms with van der Waals surface area (Å²) >= 11 is 1.84. The van der Waals surface area contributed by atoms with Gasteiger partial charge in [0.1, 0.15) is 11.4 Å². The number of benzene rings is 2. The van der Waals surface area contributed by atoms with Crippen LogP contribution in [0.4, 0.5) is 5.69 Å². The molecule has 2 unspecified atom stereocenters. The average molecular weight is 487 g/mol.